The van der Waals surface area contributed by atoms with Gasteiger partial charge in [0.05, 0.1) is 6.26 Å². The molecule has 0 heterocycles. The van der Waals surface area contributed by atoms with E-state index in [1.54, 1.807) is 6.26 Å². The Hall–Kier alpha value is -1.24. The van der Waals surface area contributed by atoms with Gasteiger partial charge < -0.3 is 4.74 Å². The van der Waals surface area contributed by atoms with Crippen LogP contribution in [0.1, 0.15) is 37.8 Å². The molecule has 1 heteroatoms. The molecule has 0 atom stereocenters. The first-order valence-electron chi connectivity index (χ1n) is 5.05. The smallest absolute Gasteiger partial charge is 0.112 e. The molecule has 14 heavy (non-hydrogen) atoms. The first kappa shape index (κ1) is 10.8. The molecule has 0 aliphatic rings. The highest BCUT2D eigenvalue weighted by Gasteiger charge is 1.98. The normalized spacial score (nSPS) is 11.1. The molecule has 0 aliphatic heterocycles. The summed E-state index contributed by atoms with van der Waals surface area (Å²) in [4.78, 5) is 0. The van der Waals surface area contributed by atoms with E-state index < -0.39 is 0 Å². The first-order valence-corrected chi connectivity index (χ1v) is 5.05. The summed E-state index contributed by atoms with van der Waals surface area (Å²) in [5.74, 6) is 0.598. The van der Waals surface area contributed by atoms with Gasteiger partial charge in [-0.1, -0.05) is 44.2 Å². The van der Waals surface area contributed by atoms with Crippen molar-refractivity contribution in [3.8, 4) is 0 Å². The molecule has 0 saturated heterocycles. The van der Waals surface area contributed by atoms with Crippen molar-refractivity contribution >= 4 is 0 Å². The number of ether oxygens (including phenoxy) is 1. The van der Waals surface area contributed by atoms with Crippen LogP contribution in [0.25, 0.3) is 0 Å². The molecule has 1 rings (SSSR count). The SMILES string of the molecule is C/C=C\OCc1ccc(C(C)C)cc1. The van der Waals surface area contributed by atoms with Gasteiger partial charge in [-0.3, -0.25) is 0 Å². The second-order valence-electron chi connectivity index (χ2n) is 3.68. The topological polar surface area (TPSA) is 9.23 Å². The highest BCUT2D eigenvalue weighted by molar-refractivity contribution is 5.24. The molecule has 1 nitrogen and oxygen atoms in total. The van der Waals surface area contributed by atoms with Crippen LogP contribution in [0.15, 0.2) is 36.6 Å². The van der Waals surface area contributed by atoms with Crippen molar-refractivity contribution in [1.82, 2.24) is 0 Å². The molecule has 0 saturated carbocycles. The van der Waals surface area contributed by atoms with Gasteiger partial charge >= 0.3 is 0 Å². The summed E-state index contributed by atoms with van der Waals surface area (Å²) in [7, 11) is 0. The summed E-state index contributed by atoms with van der Waals surface area (Å²) in [6.07, 6.45) is 3.61. The standard InChI is InChI=1S/C13H18O/c1-4-9-14-10-12-5-7-13(8-6-12)11(2)3/h4-9,11H,10H2,1-3H3/b9-4-. The molecular formula is C13H18O. The number of rotatable bonds is 4. The average Bonchev–Trinajstić information content (AvgIpc) is 2.19. The summed E-state index contributed by atoms with van der Waals surface area (Å²) < 4.78 is 5.29. The molecule has 0 radical (unpaired) electrons. The Bertz CT molecular complexity index is 283. The Labute approximate surface area is 86.4 Å². The van der Waals surface area contributed by atoms with Crippen LogP contribution in [-0.2, 0) is 11.3 Å². The van der Waals surface area contributed by atoms with Crippen molar-refractivity contribution in [2.24, 2.45) is 0 Å². The molecule has 0 bridgehead atoms. The molecule has 0 spiro atoms. The lowest BCUT2D eigenvalue weighted by atomic mass is 10.0. The first-order chi connectivity index (χ1) is 6.74. The third-order valence-corrected chi connectivity index (χ3v) is 2.13. The maximum atomic E-state index is 5.29. The van der Waals surface area contributed by atoms with Crippen molar-refractivity contribution < 1.29 is 4.74 Å². The average molecular weight is 190 g/mol. The van der Waals surface area contributed by atoms with Gasteiger partial charge in [0.25, 0.3) is 0 Å². The van der Waals surface area contributed by atoms with E-state index in [1.807, 2.05) is 13.0 Å². The maximum Gasteiger partial charge on any atom is 0.112 e. The van der Waals surface area contributed by atoms with Gasteiger partial charge in [-0.25, -0.2) is 0 Å². The molecule has 0 amide bonds. The van der Waals surface area contributed by atoms with Gasteiger partial charge in [0.1, 0.15) is 6.61 Å². The van der Waals surface area contributed by atoms with E-state index in [4.69, 9.17) is 4.74 Å². The zero-order valence-electron chi connectivity index (χ0n) is 9.16. The van der Waals surface area contributed by atoms with Crippen LogP contribution >= 0.6 is 0 Å². The predicted octanol–water partition coefficient (Wildman–Crippen LogP) is 3.86. The van der Waals surface area contributed by atoms with E-state index in [9.17, 15) is 0 Å². The van der Waals surface area contributed by atoms with Gasteiger partial charge in [-0.2, -0.15) is 0 Å². The van der Waals surface area contributed by atoms with Crippen molar-refractivity contribution in [2.45, 2.75) is 33.3 Å². The molecule has 0 fully saturated rings. The molecule has 1 aromatic rings. The van der Waals surface area contributed by atoms with Crippen LogP contribution in [-0.4, -0.2) is 0 Å². The van der Waals surface area contributed by atoms with Gasteiger partial charge in [-0.15, -0.1) is 0 Å². The van der Waals surface area contributed by atoms with Crippen molar-refractivity contribution in [3.05, 3.63) is 47.7 Å². The largest absolute Gasteiger partial charge is 0.497 e. The second kappa shape index (κ2) is 5.48. The summed E-state index contributed by atoms with van der Waals surface area (Å²) in [5, 5.41) is 0. The Morgan fingerprint density at radius 3 is 2.36 bits per heavy atom. The number of allylic oxidation sites excluding steroid dienone is 1. The summed E-state index contributed by atoms with van der Waals surface area (Å²) in [6.45, 7) is 7.00. The number of benzene rings is 1. The van der Waals surface area contributed by atoms with Gasteiger partial charge in [0.2, 0.25) is 0 Å². The van der Waals surface area contributed by atoms with Crippen molar-refractivity contribution in [3.63, 3.8) is 0 Å². The monoisotopic (exact) mass is 190 g/mol. The summed E-state index contributed by atoms with van der Waals surface area (Å²) in [5.41, 5.74) is 2.59. The minimum absolute atomic E-state index is 0.598. The molecule has 0 aliphatic carbocycles. The Balaban J connectivity index is 2.55. The van der Waals surface area contributed by atoms with Crippen LogP contribution < -0.4 is 0 Å². The molecule has 76 valence electrons. The Morgan fingerprint density at radius 2 is 1.86 bits per heavy atom. The van der Waals surface area contributed by atoms with Crippen molar-refractivity contribution in [1.29, 1.82) is 0 Å². The van der Waals surface area contributed by atoms with Crippen LogP contribution in [0.3, 0.4) is 0 Å². The maximum absolute atomic E-state index is 5.29. The molecule has 0 N–H and O–H groups in total. The van der Waals surface area contributed by atoms with Gasteiger partial charge in [0, 0.05) is 0 Å². The van der Waals surface area contributed by atoms with E-state index in [2.05, 4.69) is 38.1 Å². The number of hydrogen-bond donors (Lipinski definition) is 0. The molecule has 0 unspecified atom stereocenters. The van der Waals surface area contributed by atoms with E-state index in [0.717, 1.165) is 0 Å². The van der Waals surface area contributed by atoms with Crippen LogP contribution in [0.5, 0.6) is 0 Å². The quantitative estimate of drug-likeness (QED) is 0.655. The third kappa shape index (κ3) is 3.25. The van der Waals surface area contributed by atoms with Crippen LogP contribution in [0, 0.1) is 0 Å². The van der Waals surface area contributed by atoms with E-state index in [0.29, 0.717) is 12.5 Å². The van der Waals surface area contributed by atoms with E-state index >= 15 is 0 Å². The lowest BCUT2D eigenvalue weighted by Gasteiger charge is -2.06. The van der Waals surface area contributed by atoms with Crippen LogP contribution in [0.2, 0.25) is 0 Å². The number of hydrogen-bond acceptors (Lipinski definition) is 1. The van der Waals surface area contributed by atoms with E-state index in [-0.39, 0.29) is 0 Å². The van der Waals surface area contributed by atoms with E-state index in [1.165, 1.54) is 11.1 Å². The highest BCUT2D eigenvalue weighted by atomic mass is 16.5. The fourth-order valence-electron chi connectivity index (χ4n) is 1.24. The van der Waals surface area contributed by atoms with Crippen LogP contribution in [0.4, 0.5) is 0 Å². The molecular weight excluding hydrogens is 172 g/mol. The predicted molar refractivity (Wildman–Crippen MR) is 60.1 cm³/mol. The van der Waals surface area contributed by atoms with Crippen molar-refractivity contribution in [2.75, 3.05) is 0 Å². The zero-order chi connectivity index (χ0) is 10.4. The lowest BCUT2D eigenvalue weighted by molar-refractivity contribution is 0.236. The fourth-order valence-corrected chi connectivity index (χ4v) is 1.24. The summed E-state index contributed by atoms with van der Waals surface area (Å²) >= 11 is 0. The second-order valence-corrected chi connectivity index (χ2v) is 3.68. The summed E-state index contributed by atoms with van der Waals surface area (Å²) in [6, 6.07) is 8.58. The van der Waals surface area contributed by atoms with Gasteiger partial charge in [0.15, 0.2) is 0 Å². The zero-order valence-corrected chi connectivity index (χ0v) is 9.16. The third-order valence-electron chi connectivity index (χ3n) is 2.13. The minimum atomic E-state index is 0.598. The lowest BCUT2D eigenvalue weighted by Crippen LogP contribution is -1.90. The molecule has 0 aromatic heterocycles. The Morgan fingerprint density at radius 1 is 1.21 bits per heavy atom. The fraction of sp³-hybridized carbons (Fsp3) is 0.385. The Kier molecular flexibility index (Phi) is 4.24. The minimum Gasteiger partial charge on any atom is -0.497 e. The van der Waals surface area contributed by atoms with Gasteiger partial charge in [-0.05, 0) is 24.0 Å². The molecule has 1 aromatic carbocycles. The highest BCUT2D eigenvalue weighted by Crippen LogP contribution is 2.14.